The van der Waals surface area contributed by atoms with E-state index in [1.165, 1.54) is 0 Å². The quantitative estimate of drug-likeness (QED) is 0.292. The van der Waals surface area contributed by atoms with Crippen LogP contribution in [-0.4, -0.2) is 17.1 Å². The Bertz CT molecular complexity index is 847. The molecular weight excluding hydrogens is 463 g/mol. The maximum atomic E-state index is 12.2. The first-order valence-electron chi connectivity index (χ1n) is 8.54. The van der Waals surface area contributed by atoms with Crippen molar-refractivity contribution in [1.82, 2.24) is 5.32 Å². The number of hydrogen-bond donors (Lipinski definition) is 2. The van der Waals surface area contributed by atoms with Gasteiger partial charge in [0, 0.05) is 26.4 Å². The van der Waals surface area contributed by atoms with Crippen molar-refractivity contribution in [2.75, 3.05) is 5.32 Å². The van der Waals surface area contributed by atoms with E-state index < -0.39 is 5.97 Å². The fourth-order valence-corrected chi connectivity index (χ4v) is 4.59. The van der Waals surface area contributed by atoms with Crippen LogP contribution < -0.4 is 10.6 Å². The second-order valence-electron chi connectivity index (χ2n) is 6.74. The van der Waals surface area contributed by atoms with Crippen LogP contribution in [0.3, 0.4) is 0 Å². The number of thiocarbonyl (C=S) groups is 1. The first kappa shape index (κ1) is 17.7. The van der Waals surface area contributed by atoms with E-state index in [1.807, 2.05) is 24.3 Å². The summed E-state index contributed by atoms with van der Waals surface area (Å²) < 4.78 is 6.10. The summed E-state index contributed by atoms with van der Waals surface area (Å²) in [6, 6.07) is 7.90. The number of carbonyl (C=O) groups excluding carboxylic acids is 2. The van der Waals surface area contributed by atoms with Crippen LogP contribution in [-0.2, 0) is 14.3 Å². The summed E-state index contributed by atoms with van der Waals surface area (Å²) in [6.45, 7) is 0. The van der Waals surface area contributed by atoms with Crippen LogP contribution in [0, 0.1) is 21.3 Å². The number of halogens is 1. The molecule has 0 radical (unpaired) electrons. The van der Waals surface area contributed by atoms with Crippen molar-refractivity contribution in [2.45, 2.75) is 19.3 Å². The second-order valence-corrected chi connectivity index (χ2v) is 8.40. The summed E-state index contributed by atoms with van der Waals surface area (Å²) >= 11 is 7.64. The molecule has 0 amide bonds. The van der Waals surface area contributed by atoms with E-state index in [-0.39, 0.29) is 23.7 Å². The van der Waals surface area contributed by atoms with Crippen LogP contribution in [0.25, 0.3) is 0 Å². The molecule has 1 aromatic carbocycles. The van der Waals surface area contributed by atoms with E-state index in [9.17, 15) is 9.59 Å². The van der Waals surface area contributed by atoms with Crippen molar-refractivity contribution in [3.63, 3.8) is 0 Å². The Morgan fingerprint density at radius 3 is 2.69 bits per heavy atom. The lowest BCUT2D eigenvalue weighted by Gasteiger charge is -2.41. The average Bonchev–Trinajstić information content (AvgIpc) is 2.61. The number of rotatable bonds is 2. The zero-order valence-corrected chi connectivity index (χ0v) is 16.8. The molecule has 1 saturated carbocycles. The number of benzene rings is 1. The molecule has 7 heteroatoms. The minimum atomic E-state index is -0.521. The fourth-order valence-electron chi connectivity index (χ4n) is 4.00. The topological polar surface area (TPSA) is 67.4 Å². The average molecular weight is 480 g/mol. The van der Waals surface area contributed by atoms with Gasteiger partial charge < -0.3 is 15.4 Å². The second kappa shape index (κ2) is 7.11. The van der Waals surface area contributed by atoms with Crippen LogP contribution in [0.5, 0.6) is 0 Å². The standard InChI is InChI=1S/C19H17IN2O3S/c20-11-4-6-12(7-5-11)21-19(26)22-13-8-10-2-1-3-14-16(10)15(9-13)18(24)25-17(14)23/h4-10,14,16H,1-3H2,(H2,21,22,26). The Hall–Kier alpha value is -1.74. The fraction of sp³-hybridized carbons (Fsp3) is 0.316. The highest BCUT2D eigenvalue weighted by atomic mass is 127. The molecular formula is C19H17IN2O3S. The third kappa shape index (κ3) is 3.42. The van der Waals surface area contributed by atoms with E-state index >= 15 is 0 Å². The zero-order chi connectivity index (χ0) is 18.3. The van der Waals surface area contributed by atoms with Gasteiger partial charge in [-0.15, -0.1) is 0 Å². The highest BCUT2D eigenvalue weighted by Crippen LogP contribution is 2.46. The van der Waals surface area contributed by atoms with Gasteiger partial charge in [-0.25, -0.2) is 4.79 Å². The molecule has 2 aliphatic carbocycles. The number of hydrogen-bond acceptors (Lipinski definition) is 4. The summed E-state index contributed by atoms with van der Waals surface area (Å²) in [5.74, 6) is -0.989. The normalized spacial score (nSPS) is 26.9. The molecule has 0 aromatic heterocycles. The monoisotopic (exact) mass is 480 g/mol. The molecule has 134 valence electrons. The van der Waals surface area contributed by atoms with E-state index in [0.29, 0.717) is 10.7 Å². The molecule has 26 heavy (non-hydrogen) atoms. The Morgan fingerprint density at radius 2 is 1.92 bits per heavy atom. The molecule has 1 saturated heterocycles. The zero-order valence-electron chi connectivity index (χ0n) is 13.8. The van der Waals surface area contributed by atoms with Gasteiger partial charge in [-0.1, -0.05) is 12.5 Å². The lowest BCUT2D eigenvalue weighted by molar-refractivity contribution is -0.167. The Balaban J connectivity index is 1.51. The molecule has 1 aromatic rings. The van der Waals surface area contributed by atoms with Crippen LogP contribution in [0.2, 0.25) is 0 Å². The van der Waals surface area contributed by atoms with Gasteiger partial charge in [0.15, 0.2) is 5.11 Å². The van der Waals surface area contributed by atoms with E-state index in [1.54, 1.807) is 6.08 Å². The summed E-state index contributed by atoms with van der Waals surface area (Å²) in [6.07, 6.45) is 6.57. The lowest BCUT2D eigenvalue weighted by Crippen LogP contribution is -2.45. The minimum absolute atomic E-state index is 0.0548. The number of anilines is 1. The SMILES string of the molecule is O=C1OC(=O)C2CCCC3C=C(NC(=S)Nc4ccc(I)cc4)C=C1C32. The first-order chi connectivity index (χ1) is 12.5. The predicted molar refractivity (Wildman–Crippen MR) is 110 cm³/mol. The van der Waals surface area contributed by atoms with Gasteiger partial charge in [0.25, 0.3) is 0 Å². The van der Waals surface area contributed by atoms with Gasteiger partial charge in [0.05, 0.1) is 5.92 Å². The predicted octanol–water partition coefficient (Wildman–Crippen LogP) is 3.52. The molecule has 3 atom stereocenters. The molecule has 2 N–H and O–H groups in total. The van der Waals surface area contributed by atoms with Gasteiger partial charge in [0.1, 0.15) is 0 Å². The third-order valence-electron chi connectivity index (χ3n) is 5.10. The molecule has 0 spiro atoms. The minimum Gasteiger partial charge on any atom is -0.389 e. The number of carbonyl (C=O) groups is 2. The smallest absolute Gasteiger partial charge is 0.342 e. The number of cyclic esters (lactones) is 2. The molecule has 1 aliphatic heterocycles. The Morgan fingerprint density at radius 1 is 1.15 bits per heavy atom. The van der Waals surface area contributed by atoms with Crippen LogP contribution in [0.4, 0.5) is 5.69 Å². The van der Waals surface area contributed by atoms with E-state index in [2.05, 4.69) is 39.3 Å². The Kier molecular flexibility index (Phi) is 4.83. The van der Waals surface area contributed by atoms with Gasteiger partial charge in [0.2, 0.25) is 0 Å². The lowest BCUT2D eigenvalue weighted by atomic mass is 9.65. The molecule has 3 unspecified atom stereocenters. The number of ether oxygens (including phenoxy) is 1. The largest absolute Gasteiger partial charge is 0.389 e. The number of allylic oxidation sites excluding steroid dienone is 2. The summed E-state index contributed by atoms with van der Waals surface area (Å²) in [5.41, 5.74) is 2.25. The molecule has 5 nitrogen and oxygen atoms in total. The van der Waals surface area contributed by atoms with E-state index in [4.69, 9.17) is 17.0 Å². The summed E-state index contributed by atoms with van der Waals surface area (Å²) in [7, 11) is 0. The molecule has 0 bridgehead atoms. The van der Waals surface area contributed by atoms with E-state index in [0.717, 1.165) is 34.2 Å². The van der Waals surface area contributed by atoms with Crippen molar-refractivity contribution >= 4 is 57.5 Å². The van der Waals surface area contributed by atoms with Gasteiger partial charge in [-0.2, -0.15) is 0 Å². The van der Waals surface area contributed by atoms with Crippen molar-refractivity contribution in [2.24, 2.45) is 17.8 Å². The van der Waals surface area contributed by atoms with Crippen LogP contribution >= 0.6 is 34.8 Å². The molecule has 1 heterocycles. The first-order valence-corrected chi connectivity index (χ1v) is 10.0. The highest BCUT2D eigenvalue weighted by Gasteiger charge is 2.48. The summed E-state index contributed by atoms with van der Waals surface area (Å²) in [5, 5.41) is 6.76. The maximum Gasteiger partial charge on any atom is 0.342 e. The van der Waals surface area contributed by atoms with Crippen molar-refractivity contribution in [1.29, 1.82) is 0 Å². The summed E-state index contributed by atoms with van der Waals surface area (Å²) in [4.78, 5) is 24.2. The number of esters is 2. The van der Waals surface area contributed by atoms with Crippen molar-refractivity contribution in [3.8, 4) is 0 Å². The highest BCUT2D eigenvalue weighted by molar-refractivity contribution is 14.1. The van der Waals surface area contributed by atoms with Crippen molar-refractivity contribution < 1.29 is 14.3 Å². The number of nitrogens with one attached hydrogen (secondary N) is 2. The van der Waals surface area contributed by atoms with Gasteiger partial charge >= 0.3 is 11.9 Å². The molecule has 4 rings (SSSR count). The van der Waals surface area contributed by atoms with Gasteiger partial charge in [-0.3, -0.25) is 4.79 Å². The van der Waals surface area contributed by atoms with Crippen molar-refractivity contribution in [3.05, 3.63) is 51.3 Å². The third-order valence-corrected chi connectivity index (χ3v) is 6.03. The maximum absolute atomic E-state index is 12.2. The molecule has 3 aliphatic rings. The van der Waals surface area contributed by atoms with Crippen LogP contribution in [0.1, 0.15) is 19.3 Å². The van der Waals surface area contributed by atoms with Crippen LogP contribution in [0.15, 0.2) is 47.7 Å². The van der Waals surface area contributed by atoms with Gasteiger partial charge in [-0.05, 0) is 83.9 Å². The molecule has 2 fully saturated rings. The Labute approximate surface area is 170 Å².